The van der Waals surface area contributed by atoms with Gasteiger partial charge in [0, 0.05) is 11.9 Å². The first kappa shape index (κ1) is 8.25. The second kappa shape index (κ2) is 3.57. The van der Waals surface area contributed by atoms with Crippen molar-refractivity contribution >= 4 is 0 Å². The molecule has 0 N–H and O–H groups in total. The molecule has 0 radical (unpaired) electrons. The molecule has 1 aliphatic carbocycles. The van der Waals surface area contributed by atoms with Crippen molar-refractivity contribution in [2.45, 2.75) is 32.1 Å². The minimum Gasteiger partial charge on any atom is -0.260 e. The highest BCUT2D eigenvalue weighted by molar-refractivity contribution is 5.33. The van der Waals surface area contributed by atoms with Crippen LogP contribution in [0.2, 0.25) is 0 Å². The smallest absolute Gasteiger partial charge is 0.101 e. The lowest BCUT2D eigenvalue weighted by Crippen LogP contribution is -1.95. The van der Waals surface area contributed by atoms with Crippen LogP contribution < -0.4 is 0 Å². The van der Waals surface area contributed by atoms with E-state index < -0.39 is 0 Å². The first-order valence-electron chi connectivity index (χ1n) is 4.78. The van der Waals surface area contributed by atoms with E-state index in [1.54, 1.807) is 6.20 Å². The predicted molar refractivity (Wildman–Crippen MR) is 50.2 cm³/mol. The molecule has 2 rings (SSSR count). The third kappa shape index (κ3) is 1.70. The Balaban J connectivity index is 2.39. The van der Waals surface area contributed by atoms with Crippen LogP contribution in [-0.2, 0) is 12.8 Å². The molecule has 0 atom stereocenters. The molecule has 0 amide bonds. The highest BCUT2D eigenvalue weighted by Crippen LogP contribution is 2.19. The Hall–Kier alpha value is -1.36. The molecule has 0 bridgehead atoms. The molecule has 0 fully saturated rings. The van der Waals surface area contributed by atoms with Gasteiger partial charge >= 0.3 is 0 Å². The lowest BCUT2D eigenvalue weighted by Gasteiger charge is -2.03. The molecule has 0 unspecified atom stereocenters. The monoisotopic (exact) mass is 172 g/mol. The first-order valence-corrected chi connectivity index (χ1v) is 4.78. The molecule has 0 saturated heterocycles. The van der Waals surface area contributed by atoms with Crippen molar-refractivity contribution in [2.24, 2.45) is 0 Å². The van der Waals surface area contributed by atoms with Crippen LogP contribution in [0.4, 0.5) is 0 Å². The van der Waals surface area contributed by atoms with E-state index in [-0.39, 0.29) is 0 Å². The number of rotatable bonds is 0. The van der Waals surface area contributed by atoms with Gasteiger partial charge in [0.2, 0.25) is 0 Å². The summed E-state index contributed by atoms with van der Waals surface area (Å²) < 4.78 is 0. The average Bonchev–Trinajstić information content (AvgIpc) is 2.41. The molecule has 13 heavy (non-hydrogen) atoms. The topological polar surface area (TPSA) is 36.7 Å². The third-order valence-electron chi connectivity index (χ3n) is 2.55. The number of aromatic nitrogens is 1. The van der Waals surface area contributed by atoms with E-state index in [2.05, 4.69) is 11.1 Å². The van der Waals surface area contributed by atoms with Gasteiger partial charge in [0.1, 0.15) is 6.07 Å². The van der Waals surface area contributed by atoms with E-state index in [9.17, 15) is 0 Å². The van der Waals surface area contributed by atoms with Gasteiger partial charge in [0.15, 0.2) is 0 Å². The summed E-state index contributed by atoms with van der Waals surface area (Å²) in [6.07, 6.45) is 7.64. The Bertz CT molecular complexity index is 350. The Morgan fingerprint density at radius 2 is 2.08 bits per heavy atom. The number of nitriles is 1. The van der Waals surface area contributed by atoms with Gasteiger partial charge in [-0.15, -0.1) is 0 Å². The van der Waals surface area contributed by atoms with Gasteiger partial charge in [-0.2, -0.15) is 5.26 Å². The zero-order valence-corrected chi connectivity index (χ0v) is 7.58. The maximum Gasteiger partial charge on any atom is 0.101 e. The van der Waals surface area contributed by atoms with E-state index in [0.29, 0.717) is 5.56 Å². The fraction of sp³-hybridized carbons (Fsp3) is 0.455. The van der Waals surface area contributed by atoms with Crippen LogP contribution in [0.25, 0.3) is 0 Å². The Morgan fingerprint density at radius 3 is 2.92 bits per heavy atom. The lowest BCUT2D eigenvalue weighted by molar-refractivity contribution is 0.708. The van der Waals surface area contributed by atoms with Crippen LogP contribution in [0.1, 0.15) is 36.1 Å². The second-order valence-corrected chi connectivity index (χ2v) is 3.50. The van der Waals surface area contributed by atoms with Gasteiger partial charge in [0.25, 0.3) is 0 Å². The number of nitrogens with zero attached hydrogens (tertiary/aromatic N) is 2. The van der Waals surface area contributed by atoms with Crippen LogP contribution in [0.5, 0.6) is 0 Å². The molecule has 0 spiro atoms. The van der Waals surface area contributed by atoms with Crippen LogP contribution >= 0.6 is 0 Å². The van der Waals surface area contributed by atoms with Crippen molar-refractivity contribution in [1.82, 2.24) is 4.98 Å². The molecule has 2 heteroatoms. The standard InChI is InChI=1S/C11H12N2/c12-7-9-6-10-4-2-1-3-5-11(10)13-8-9/h6,8H,1-5H2. The number of aryl methyl sites for hydroxylation is 2. The molecule has 1 heterocycles. The summed E-state index contributed by atoms with van der Waals surface area (Å²) in [7, 11) is 0. The molecule has 0 aromatic carbocycles. The molecule has 0 aliphatic heterocycles. The zero-order chi connectivity index (χ0) is 9.10. The molecule has 2 nitrogen and oxygen atoms in total. The Kier molecular flexibility index (Phi) is 2.27. The van der Waals surface area contributed by atoms with Crippen molar-refractivity contribution in [3.63, 3.8) is 0 Å². The van der Waals surface area contributed by atoms with Gasteiger partial charge < -0.3 is 0 Å². The normalized spacial score (nSPS) is 15.6. The summed E-state index contributed by atoms with van der Waals surface area (Å²) >= 11 is 0. The third-order valence-corrected chi connectivity index (χ3v) is 2.55. The summed E-state index contributed by atoms with van der Waals surface area (Å²) in [6, 6.07) is 4.13. The van der Waals surface area contributed by atoms with Crippen LogP contribution in [0.3, 0.4) is 0 Å². The second-order valence-electron chi connectivity index (χ2n) is 3.50. The Morgan fingerprint density at radius 1 is 1.23 bits per heavy atom. The molecule has 1 aliphatic rings. The average molecular weight is 172 g/mol. The fourth-order valence-electron chi connectivity index (χ4n) is 1.83. The predicted octanol–water partition coefficient (Wildman–Crippen LogP) is 2.22. The van der Waals surface area contributed by atoms with Crippen molar-refractivity contribution in [3.05, 3.63) is 29.1 Å². The van der Waals surface area contributed by atoms with E-state index in [1.807, 2.05) is 6.07 Å². The van der Waals surface area contributed by atoms with Crippen molar-refractivity contribution in [3.8, 4) is 6.07 Å². The number of fused-ring (bicyclic) bond motifs is 1. The van der Waals surface area contributed by atoms with Crippen molar-refractivity contribution in [2.75, 3.05) is 0 Å². The van der Waals surface area contributed by atoms with E-state index in [1.165, 1.54) is 30.5 Å². The summed E-state index contributed by atoms with van der Waals surface area (Å²) in [4.78, 5) is 4.33. The molecule has 1 aromatic rings. The molecular formula is C11H12N2. The summed E-state index contributed by atoms with van der Waals surface area (Å²) in [5.74, 6) is 0. The minimum atomic E-state index is 0.695. The molecule has 66 valence electrons. The van der Waals surface area contributed by atoms with E-state index in [4.69, 9.17) is 5.26 Å². The van der Waals surface area contributed by atoms with Crippen LogP contribution in [-0.4, -0.2) is 4.98 Å². The van der Waals surface area contributed by atoms with Crippen LogP contribution in [0, 0.1) is 11.3 Å². The van der Waals surface area contributed by atoms with E-state index in [0.717, 1.165) is 12.8 Å². The summed E-state index contributed by atoms with van der Waals surface area (Å²) in [5, 5.41) is 8.72. The summed E-state index contributed by atoms with van der Waals surface area (Å²) in [5.41, 5.74) is 3.19. The number of pyridine rings is 1. The first-order chi connectivity index (χ1) is 6.40. The van der Waals surface area contributed by atoms with Gasteiger partial charge in [-0.05, 0) is 37.3 Å². The SMILES string of the molecule is N#Cc1cnc2c(c1)CCCCC2. The quantitative estimate of drug-likeness (QED) is 0.562. The van der Waals surface area contributed by atoms with Gasteiger partial charge in [0.05, 0.1) is 5.56 Å². The molecule has 0 saturated carbocycles. The highest BCUT2D eigenvalue weighted by Gasteiger charge is 2.09. The van der Waals surface area contributed by atoms with Gasteiger partial charge in [-0.25, -0.2) is 0 Å². The summed E-state index contributed by atoms with van der Waals surface area (Å²) in [6.45, 7) is 0. The maximum atomic E-state index is 8.72. The minimum absolute atomic E-state index is 0.695. The number of hydrogen-bond donors (Lipinski definition) is 0. The fourth-order valence-corrected chi connectivity index (χ4v) is 1.83. The van der Waals surface area contributed by atoms with E-state index >= 15 is 0 Å². The van der Waals surface area contributed by atoms with Crippen molar-refractivity contribution in [1.29, 1.82) is 5.26 Å². The lowest BCUT2D eigenvalue weighted by atomic mass is 10.1. The van der Waals surface area contributed by atoms with Crippen LogP contribution in [0.15, 0.2) is 12.3 Å². The molecule has 1 aromatic heterocycles. The molecular weight excluding hydrogens is 160 g/mol. The Labute approximate surface area is 78.2 Å². The maximum absolute atomic E-state index is 8.72. The van der Waals surface area contributed by atoms with Crippen molar-refractivity contribution < 1.29 is 0 Å². The number of hydrogen-bond acceptors (Lipinski definition) is 2. The van der Waals surface area contributed by atoms with Gasteiger partial charge in [-0.1, -0.05) is 6.42 Å². The zero-order valence-electron chi connectivity index (χ0n) is 7.58. The van der Waals surface area contributed by atoms with Gasteiger partial charge in [-0.3, -0.25) is 4.98 Å². The highest BCUT2D eigenvalue weighted by atomic mass is 14.7. The largest absolute Gasteiger partial charge is 0.260 e.